The first kappa shape index (κ1) is 24.8. The van der Waals surface area contributed by atoms with Gasteiger partial charge in [-0.2, -0.15) is 0 Å². The highest BCUT2D eigenvalue weighted by molar-refractivity contribution is 6.26. The Morgan fingerprint density at radius 2 is 1.97 bits per heavy atom. The number of halogens is 1. The maximum atomic E-state index is 12.7. The van der Waals surface area contributed by atoms with Gasteiger partial charge in [0, 0.05) is 74.8 Å². The predicted molar refractivity (Wildman–Crippen MR) is 127 cm³/mol. The third-order valence-corrected chi connectivity index (χ3v) is 11.7. The first-order chi connectivity index (χ1) is 16.8. The average Bonchev–Trinajstić information content (AvgIpc) is 3.25. The van der Waals surface area contributed by atoms with Crippen LogP contribution in [-0.2, 0) is 23.7 Å². The van der Waals surface area contributed by atoms with Gasteiger partial charge < -0.3 is 29.2 Å². The van der Waals surface area contributed by atoms with Gasteiger partial charge in [-0.05, 0) is 31.7 Å². The van der Waals surface area contributed by atoms with Crippen LogP contribution in [0.3, 0.4) is 0 Å². The maximum Gasteiger partial charge on any atom is 0.321 e. The molecule has 0 aromatic heterocycles. The van der Waals surface area contributed by atoms with Crippen LogP contribution in [0.25, 0.3) is 0 Å². The molecule has 0 aromatic carbocycles. The Hall–Kier alpha value is -0.480. The SMILES string of the molecule is CCN1C[C@]2(COC)CC[C@H](OC(=O)CCl)[C@@]34[C@@H]5C[C@H]6[C@H](O)[C@@H]5[C@](O)(C[C@@H]6OC)[C@@H]([C@H](OC)[C@H]23)[C@H]14. The van der Waals surface area contributed by atoms with Crippen molar-refractivity contribution in [3.63, 3.8) is 0 Å². The molecule has 6 fully saturated rings. The number of piperidine rings is 1. The Balaban J connectivity index is 1.62. The zero-order chi connectivity index (χ0) is 24.9. The minimum Gasteiger partial charge on any atom is -0.461 e. The molecular formula is C26H40ClNO7. The second-order valence-corrected chi connectivity index (χ2v) is 12.4. The molecule has 1 heterocycles. The molecule has 0 radical (unpaired) electrons. The van der Waals surface area contributed by atoms with Gasteiger partial charge >= 0.3 is 5.97 Å². The van der Waals surface area contributed by atoms with E-state index in [0.717, 1.165) is 32.4 Å². The van der Waals surface area contributed by atoms with E-state index in [4.69, 9.17) is 30.5 Å². The van der Waals surface area contributed by atoms with Gasteiger partial charge in [0.05, 0.1) is 30.5 Å². The number of esters is 1. The fraction of sp³-hybridized carbons (Fsp3) is 0.962. The third-order valence-electron chi connectivity index (χ3n) is 11.5. The van der Waals surface area contributed by atoms with Crippen molar-refractivity contribution in [2.45, 2.75) is 68.7 Å². The molecule has 0 aromatic rings. The van der Waals surface area contributed by atoms with Gasteiger partial charge in [0.1, 0.15) is 12.0 Å². The quantitative estimate of drug-likeness (QED) is 0.388. The van der Waals surface area contributed by atoms with Crippen LogP contribution in [0.2, 0.25) is 0 Å². The van der Waals surface area contributed by atoms with Crippen LogP contribution in [0, 0.1) is 40.4 Å². The summed E-state index contributed by atoms with van der Waals surface area (Å²) in [6.45, 7) is 4.45. The molecule has 9 heteroatoms. The average molecular weight is 514 g/mol. The lowest BCUT2D eigenvalue weighted by Gasteiger charge is -2.68. The molecule has 35 heavy (non-hydrogen) atoms. The topological polar surface area (TPSA) is 97.7 Å². The van der Waals surface area contributed by atoms with Crippen LogP contribution in [0.1, 0.15) is 32.6 Å². The first-order valence-corrected chi connectivity index (χ1v) is 13.8. The number of hydrogen-bond donors (Lipinski definition) is 2. The molecule has 8 nitrogen and oxygen atoms in total. The second kappa shape index (κ2) is 8.26. The normalized spacial score (nSPS) is 55.7. The Morgan fingerprint density at radius 3 is 2.60 bits per heavy atom. The van der Waals surface area contributed by atoms with Crippen LogP contribution in [-0.4, -0.2) is 104 Å². The van der Waals surface area contributed by atoms with E-state index in [1.165, 1.54) is 0 Å². The molecule has 198 valence electrons. The van der Waals surface area contributed by atoms with E-state index in [9.17, 15) is 15.0 Å². The summed E-state index contributed by atoms with van der Waals surface area (Å²) in [7, 11) is 5.19. The largest absolute Gasteiger partial charge is 0.461 e. The van der Waals surface area contributed by atoms with E-state index >= 15 is 0 Å². The Morgan fingerprint density at radius 1 is 1.20 bits per heavy atom. The van der Waals surface area contributed by atoms with E-state index < -0.39 is 23.1 Å². The van der Waals surface area contributed by atoms with Gasteiger partial charge in [0.15, 0.2) is 0 Å². The standard InChI is InChI=1S/C26H40ClNO7/c1-5-28-11-24(12-32-2)7-6-16(35-17(29)10-27)26-14-8-13-15(33-3)9-25(31,18(14)20(13)30)19(23(26)28)21(34-4)22(24)26/h13-16,18-23,30-31H,5-12H2,1-4H3/t13-,14-,15+,16+,18-,19+,20+,21+,22-,23+,24+,25-,26+/m1/s1. The van der Waals surface area contributed by atoms with Crippen molar-refractivity contribution in [2.24, 2.45) is 40.4 Å². The molecule has 1 saturated heterocycles. The van der Waals surface area contributed by atoms with Gasteiger partial charge in [-0.25, -0.2) is 0 Å². The molecule has 6 aliphatic rings. The van der Waals surface area contributed by atoms with Gasteiger partial charge in [-0.3, -0.25) is 9.69 Å². The monoisotopic (exact) mass is 513 g/mol. The van der Waals surface area contributed by atoms with Gasteiger partial charge in [-0.15, -0.1) is 11.6 Å². The maximum absolute atomic E-state index is 12.7. The molecule has 1 aliphatic heterocycles. The molecule has 1 spiro atoms. The molecule has 13 atom stereocenters. The fourth-order valence-corrected chi connectivity index (χ4v) is 11.1. The number of aliphatic hydroxyl groups is 2. The second-order valence-electron chi connectivity index (χ2n) is 12.1. The lowest BCUT2D eigenvalue weighted by atomic mass is 9.43. The number of methoxy groups -OCH3 is 3. The van der Waals surface area contributed by atoms with Crippen LogP contribution >= 0.6 is 11.6 Å². The highest BCUT2D eigenvalue weighted by Crippen LogP contribution is 2.79. The molecule has 7 bridgehead atoms. The number of alkyl halides is 1. The number of rotatable bonds is 7. The zero-order valence-corrected chi connectivity index (χ0v) is 21.9. The summed E-state index contributed by atoms with van der Waals surface area (Å²) in [4.78, 5) is 15.2. The Bertz CT molecular complexity index is 877. The first-order valence-electron chi connectivity index (χ1n) is 13.2. The number of aliphatic hydroxyl groups excluding tert-OH is 1. The number of carbonyl (C=O) groups excluding carboxylic acids is 1. The van der Waals surface area contributed by atoms with Crippen molar-refractivity contribution in [1.29, 1.82) is 0 Å². The van der Waals surface area contributed by atoms with Gasteiger partial charge in [-0.1, -0.05) is 6.92 Å². The number of carbonyl (C=O) groups is 1. The fourth-order valence-electron chi connectivity index (χ4n) is 11.0. The van der Waals surface area contributed by atoms with Gasteiger partial charge in [0.25, 0.3) is 0 Å². The summed E-state index contributed by atoms with van der Waals surface area (Å²) < 4.78 is 24.4. The molecule has 5 aliphatic carbocycles. The molecule has 0 unspecified atom stereocenters. The van der Waals surface area contributed by atoms with E-state index in [0.29, 0.717) is 13.0 Å². The van der Waals surface area contributed by atoms with Crippen molar-refractivity contribution in [1.82, 2.24) is 4.90 Å². The van der Waals surface area contributed by atoms with Crippen LogP contribution in [0.15, 0.2) is 0 Å². The molecule has 0 amide bonds. The number of ether oxygens (including phenoxy) is 4. The minimum atomic E-state index is -1.12. The predicted octanol–water partition coefficient (Wildman–Crippen LogP) is 1.29. The minimum absolute atomic E-state index is 0.0157. The smallest absolute Gasteiger partial charge is 0.321 e. The molecular weight excluding hydrogens is 474 g/mol. The van der Waals surface area contributed by atoms with E-state index in [1.807, 2.05) is 0 Å². The van der Waals surface area contributed by atoms with Crippen LogP contribution < -0.4 is 0 Å². The Labute approximate surface area is 212 Å². The zero-order valence-electron chi connectivity index (χ0n) is 21.2. The summed E-state index contributed by atoms with van der Waals surface area (Å²) in [6, 6.07) is -0.0198. The number of likely N-dealkylation sites (tertiary alicyclic amines) is 1. The summed E-state index contributed by atoms with van der Waals surface area (Å²) in [5.41, 5.74) is -1.75. The van der Waals surface area contributed by atoms with Crippen molar-refractivity contribution in [3.8, 4) is 0 Å². The Kier molecular flexibility index (Phi) is 5.86. The third kappa shape index (κ3) is 2.78. The molecule has 6 rings (SSSR count). The number of fused-ring (bicyclic) bond motifs is 2. The summed E-state index contributed by atoms with van der Waals surface area (Å²) in [6.07, 6.45) is 1.39. The highest BCUT2D eigenvalue weighted by atomic mass is 35.5. The van der Waals surface area contributed by atoms with E-state index in [1.54, 1.807) is 21.3 Å². The van der Waals surface area contributed by atoms with Crippen molar-refractivity contribution < 1.29 is 34.0 Å². The number of nitrogens with zero attached hydrogens (tertiary/aromatic N) is 1. The van der Waals surface area contributed by atoms with Crippen molar-refractivity contribution >= 4 is 17.6 Å². The van der Waals surface area contributed by atoms with E-state index in [2.05, 4.69) is 11.8 Å². The lowest BCUT2D eigenvalue weighted by molar-refractivity contribution is -0.275. The lowest BCUT2D eigenvalue weighted by Crippen LogP contribution is -2.76. The van der Waals surface area contributed by atoms with Crippen molar-refractivity contribution in [2.75, 3.05) is 46.9 Å². The van der Waals surface area contributed by atoms with Crippen LogP contribution in [0.5, 0.6) is 0 Å². The summed E-state index contributed by atoms with van der Waals surface area (Å²) in [5, 5.41) is 24.3. The van der Waals surface area contributed by atoms with Gasteiger partial charge in [0.2, 0.25) is 0 Å². The molecule has 2 N–H and O–H groups in total. The van der Waals surface area contributed by atoms with Crippen LogP contribution in [0.4, 0.5) is 0 Å². The van der Waals surface area contributed by atoms with Crippen molar-refractivity contribution in [3.05, 3.63) is 0 Å². The van der Waals surface area contributed by atoms with E-state index in [-0.39, 0.29) is 65.2 Å². The number of hydrogen-bond acceptors (Lipinski definition) is 8. The highest BCUT2D eigenvalue weighted by Gasteiger charge is 2.86. The molecule has 5 saturated carbocycles. The summed E-state index contributed by atoms with van der Waals surface area (Å²) >= 11 is 5.94. The summed E-state index contributed by atoms with van der Waals surface area (Å²) in [5.74, 6) is -1.11.